The fraction of sp³-hybridized carbons (Fsp3) is 0.600. The Labute approximate surface area is 150 Å². The Bertz CT molecular complexity index is 593. The monoisotopic (exact) mass is 343 g/mol. The zero-order valence-corrected chi connectivity index (χ0v) is 15.2. The molecule has 25 heavy (non-hydrogen) atoms. The number of hydrogen-bond acceptors (Lipinski definition) is 3. The van der Waals surface area contributed by atoms with E-state index in [1.165, 1.54) is 0 Å². The Balaban J connectivity index is 1.66. The molecule has 5 heteroatoms. The Kier molecular flexibility index (Phi) is 6.08. The van der Waals surface area contributed by atoms with Crippen LogP contribution < -0.4 is 5.32 Å². The molecule has 1 aromatic rings. The highest BCUT2D eigenvalue weighted by atomic mass is 16.2. The van der Waals surface area contributed by atoms with Gasteiger partial charge in [0.05, 0.1) is 0 Å². The van der Waals surface area contributed by atoms with E-state index in [9.17, 15) is 9.59 Å². The molecule has 2 heterocycles. The summed E-state index contributed by atoms with van der Waals surface area (Å²) in [6, 6.07) is 8.16. The van der Waals surface area contributed by atoms with Crippen LogP contribution in [0.4, 0.5) is 0 Å². The number of hydrogen-bond donors (Lipinski definition) is 1. The Morgan fingerprint density at radius 1 is 1.24 bits per heavy atom. The van der Waals surface area contributed by atoms with Gasteiger partial charge in [0.25, 0.3) is 5.91 Å². The van der Waals surface area contributed by atoms with E-state index < -0.39 is 0 Å². The summed E-state index contributed by atoms with van der Waals surface area (Å²) >= 11 is 0. The molecule has 0 radical (unpaired) electrons. The van der Waals surface area contributed by atoms with Crippen molar-refractivity contribution in [2.45, 2.75) is 51.6 Å². The Morgan fingerprint density at radius 2 is 1.96 bits per heavy atom. The van der Waals surface area contributed by atoms with Crippen LogP contribution in [0.2, 0.25) is 0 Å². The highest BCUT2D eigenvalue weighted by Gasteiger charge is 2.25. The van der Waals surface area contributed by atoms with Crippen LogP contribution in [-0.4, -0.2) is 53.8 Å². The third-order valence-corrected chi connectivity index (χ3v) is 5.22. The molecule has 0 aliphatic carbocycles. The molecule has 0 atom stereocenters. The van der Waals surface area contributed by atoms with E-state index in [1.807, 2.05) is 29.2 Å². The molecule has 0 aromatic heterocycles. The molecule has 0 saturated carbocycles. The van der Waals surface area contributed by atoms with E-state index in [0.29, 0.717) is 19.0 Å². The molecule has 2 aliphatic heterocycles. The first-order valence-electron chi connectivity index (χ1n) is 9.57. The molecule has 0 spiro atoms. The van der Waals surface area contributed by atoms with Crippen LogP contribution in [-0.2, 0) is 11.3 Å². The molecule has 136 valence electrons. The third kappa shape index (κ3) is 4.40. The van der Waals surface area contributed by atoms with Crippen molar-refractivity contribution in [1.82, 2.24) is 15.1 Å². The quantitative estimate of drug-likeness (QED) is 0.863. The van der Waals surface area contributed by atoms with E-state index in [2.05, 4.69) is 17.1 Å². The van der Waals surface area contributed by atoms with Crippen LogP contribution in [0.5, 0.6) is 0 Å². The van der Waals surface area contributed by atoms with Gasteiger partial charge in [0.15, 0.2) is 0 Å². The number of benzene rings is 1. The van der Waals surface area contributed by atoms with Crippen molar-refractivity contribution in [3.63, 3.8) is 0 Å². The van der Waals surface area contributed by atoms with Gasteiger partial charge in [0.2, 0.25) is 5.91 Å². The summed E-state index contributed by atoms with van der Waals surface area (Å²) < 4.78 is 0. The van der Waals surface area contributed by atoms with Gasteiger partial charge < -0.3 is 15.1 Å². The van der Waals surface area contributed by atoms with Crippen LogP contribution in [0.15, 0.2) is 24.3 Å². The number of piperidine rings is 1. The molecule has 2 amide bonds. The largest absolute Gasteiger partial charge is 0.338 e. The summed E-state index contributed by atoms with van der Waals surface area (Å²) in [7, 11) is 0. The second kappa shape index (κ2) is 8.48. The molecule has 0 bridgehead atoms. The Morgan fingerprint density at radius 3 is 2.56 bits per heavy atom. The summed E-state index contributed by atoms with van der Waals surface area (Å²) in [5.74, 6) is 0.373. The zero-order valence-electron chi connectivity index (χ0n) is 15.2. The zero-order chi connectivity index (χ0) is 17.6. The lowest BCUT2D eigenvalue weighted by Gasteiger charge is -2.34. The van der Waals surface area contributed by atoms with Crippen molar-refractivity contribution in [2.75, 3.05) is 26.2 Å². The van der Waals surface area contributed by atoms with Gasteiger partial charge in [-0.25, -0.2) is 0 Å². The van der Waals surface area contributed by atoms with E-state index in [4.69, 9.17) is 0 Å². The fourth-order valence-corrected chi connectivity index (χ4v) is 3.82. The highest BCUT2D eigenvalue weighted by molar-refractivity contribution is 5.94. The smallest absolute Gasteiger partial charge is 0.254 e. The van der Waals surface area contributed by atoms with Crippen molar-refractivity contribution >= 4 is 11.8 Å². The number of amides is 2. The summed E-state index contributed by atoms with van der Waals surface area (Å²) in [5.41, 5.74) is 1.85. The average Bonchev–Trinajstić information content (AvgIpc) is 3.05. The maximum atomic E-state index is 13.0. The lowest BCUT2D eigenvalue weighted by molar-refractivity contribution is -0.128. The first-order valence-corrected chi connectivity index (χ1v) is 9.57. The molecule has 2 saturated heterocycles. The minimum absolute atomic E-state index is 0.137. The maximum Gasteiger partial charge on any atom is 0.254 e. The molecule has 5 nitrogen and oxygen atoms in total. The maximum absolute atomic E-state index is 13.0. The summed E-state index contributed by atoms with van der Waals surface area (Å²) in [6.45, 7) is 6.41. The van der Waals surface area contributed by atoms with Gasteiger partial charge in [-0.3, -0.25) is 9.59 Å². The third-order valence-electron chi connectivity index (χ3n) is 5.22. The number of likely N-dealkylation sites (tertiary alicyclic amines) is 1. The lowest BCUT2D eigenvalue weighted by Crippen LogP contribution is -2.46. The standard InChI is InChI=1S/C20H29N3O2/c1-2-13-23(18-9-11-21-12-10-18)20(25)17-7-5-16(6-8-17)15-22-14-3-4-19(22)24/h5-8,18,21H,2-4,9-15H2,1H3. The summed E-state index contributed by atoms with van der Waals surface area (Å²) in [5, 5.41) is 3.37. The lowest BCUT2D eigenvalue weighted by atomic mass is 10.0. The predicted molar refractivity (Wildman–Crippen MR) is 98.3 cm³/mol. The van der Waals surface area contributed by atoms with Gasteiger partial charge in [-0.15, -0.1) is 0 Å². The summed E-state index contributed by atoms with van der Waals surface area (Å²) in [4.78, 5) is 28.7. The van der Waals surface area contributed by atoms with Crippen molar-refractivity contribution in [2.24, 2.45) is 0 Å². The number of carbonyl (C=O) groups is 2. The van der Waals surface area contributed by atoms with Crippen molar-refractivity contribution in [3.8, 4) is 0 Å². The number of nitrogens with one attached hydrogen (secondary N) is 1. The normalized spacial score (nSPS) is 18.6. The van der Waals surface area contributed by atoms with E-state index >= 15 is 0 Å². The first-order chi connectivity index (χ1) is 12.2. The van der Waals surface area contributed by atoms with E-state index in [1.54, 1.807) is 0 Å². The van der Waals surface area contributed by atoms with E-state index in [0.717, 1.165) is 63.0 Å². The van der Waals surface area contributed by atoms with Gasteiger partial charge in [0.1, 0.15) is 0 Å². The second-order valence-electron chi connectivity index (χ2n) is 7.10. The van der Waals surface area contributed by atoms with Gasteiger partial charge in [0, 0.05) is 37.7 Å². The number of rotatable bonds is 6. The van der Waals surface area contributed by atoms with Gasteiger partial charge in [-0.2, -0.15) is 0 Å². The average molecular weight is 343 g/mol. The minimum atomic E-state index is 0.137. The van der Waals surface area contributed by atoms with Crippen LogP contribution in [0, 0.1) is 0 Å². The molecular weight excluding hydrogens is 314 g/mol. The van der Waals surface area contributed by atoms with Gasteiger partial charge >= 0.3 is 0 Å². The highest BCUT2D eigenvalue weighted by Crippen LogP contribution is 2.18. The fourth-order valence-electron chi connectivity index (χ4n) is 3.82. The van der Waals surface area contributed by atoms with Gasteiger partial charge in [-0.05, 0) is 56.5 Å². The molecule has 1 N–H and O–H groups in total. The topological polar surface area (TPSA) is 52.7 Å². The number of nitrogens with zero attached hydrogens (tertiary/aromatic N) is 2. The van der Waals surface area contributed by atoms with Crippen LogP contribution in [0.25, 0.3) is 0 Å². The SMILES string of the molecule is CCCN(C(=O)c1ccc(CN2CCCC2=O)cc1)C1CCNCC1. The van der Waals surface area contributed by atoms with Crippen LogP contribution >= 0.6 is 0 Å². The molecule has 3 rings (SSSR count). The van der Waals surface area contributed by atoms with E-state index in [-0.39, 0.29) is 11.8 Å². The first kappa shape index (κ1) is 17.9. The molecule has 2 aliphatic rings. The predicted octanol–water partition coefficient (Wildman–Crippen LogP) is 2.41. The molecular formula is C20H29N3O2. The molecule has 2 fully saturated rings. The van der Waals surface area contributed by atoms with Crippen LogP contribution in [0.3, 0.4) is 0 Å². The van der Waals surface area contributed by atoms with Gasteiger partial charge in [-0.1, -0.05) is 19.1 Å². The summed E-state index contributed by atoms with van der Waals surface area (Å²) in [6.07, 6.45) is 4.66. The van der Waals surface area contributed by atoms with Crippen molar-refractivity contribution < 1.29 is 9.59 Å². The molecule has 1 aromatic carbocycles. The molecule has 0 unspecified atom stereocenters. The van der Waals surface area contributed by atoms with Crippen molar-refractivity contribution in [3.05, 3.63) is 35.4 Å². The Hall–Kier alpha value is -1.88. The van der Waals surface area contributed by atoms with Crippen LogP contribution in [0.1, 0.15) is 54.9 Å². The second-order valence-corrected chi connectivity index (χ2v) is 7.10. The number of carbonyl (C=O) groups excluding carboxylic acids is 2. The van der Waals surface area contributed by atoms with Crippen molar-refractivity contribution in [1.29, 1.82) is 0 Å². The minimum Gasteiger partial charge on any atom is -0.338 e.